The molecule has 1 aliphatic carbocycles. The molecule has 2 aliphatic heterocycles. The number of nitrogens with zero attached hydrogens (tertiary/aromatic N) is 1. The number of benzene rings is 1. The second-order valence-electron chi connectivity index (χ2n) is 5.94. The Morgan fingerprint density at radius 1 is 1.21 bits per heavy atom. The van der Waals surface area contributed by atoms with E-state index < -0.39 is 5.54 Å². The minimum absolute atomic E-state index is 0.0681. The van der Waals surface area contributed by atoms with E-state index in [1.54, 1.807) is 17.0 Å². The molecule has 3 fully saturated rings. The maximum Gasteiger partial charge on any atom is 0.331 e. The fraction of sp³-hybridized carbons (Fsp3) is 0.467. The number of hydrogen-bond acceptors (Lipinski definition) is 3. The van der Waals surface area contributed by atoms with E-state index in [0.717, 1.165) is 0 Å². The van der Waals surface area contributed by atoms with Gasteiger partial charge in [0.25, 0.3) is 5.91 Å². The zero-order chi connectivity index (χ0) is 13.7. The van der Waals surface area contributed by atoms with Crippen LogP contribution in [0.3, 0.4) is 0 Å². The molecule has 2 saturated heterocycles. The minimum atomic E-state index is -0.726. The summed E-state index contributed by atoms with van der Waals surface area (Å²) in [7, 11) is 1.39. The molecule has 4 nitrogen and oxygen atoms in total. The summed E-state index contributed by atoms with van der Waals surface area (Å²) in [4.78, 5) is 26.3. The van der Waals surface area contributed by atoms with Gasteiger partial charge in [-0.3, -0.25) is 4.79 Å². The molecule has 100 valence electrons. The molecule has 1 aromatic rings. The Morgan fingerprint density at radius 2 is 1.84 bits per heavy atom. The summed E-state index contributed by atoms with van der Waals surface area (Å²) in [6.45, 7) is 2.75. The Balaban J connectivity index is 1.93. The summed E-state index contributed by atoms with van der Waals surface area (Å²) >= 11 is 0. The summed E-state index contributed by atoms with van der Waals surface area (Å²) < 4.78 is 4.90. The van der Waals surface area contributed by atoms with Gasteiger partial charge in [-0.25, -0.2) is 4.79 Å². The average Bonchev–Trinajstić information content (AvgIpc) is 2.87. The normalized spacial score (nSPS) is 31.8. The fourth-order valence-electron chi connectivity index (χ4n) is 3.64. The second-order valence-corrected chi connectivity index (χ2v) is 5.94. The van der Waals surface area contributed by atoms with Crippen LogP contribution in [0.1, 0.15) is 30.1 Å². The van der Waals surface area contributed by atoms with Crippen molar-refractivity contribution in [2.45, 2.75) is 25.3 Å². The summed E-state index contributed by atoms with van der Waals surface area (Å²) in [6, 6.07) is 9.11. The van der Waals surface area contributed by atoms with Crippen LogP contribution in [0.5, 0.6) is 0 Å². The van der Waals surface area contributed by atoms with Crippen molar-refractivity contribution >= 4 is 11.9 Å². The topological polar surface area (TPSA) is 46.6 Å². The highest BCUT2D eigenvalue weighted by atomic mass is 16.5. The number of methoxy groups -OCH3 is 1. The third-order valence-electron chi connectivity index (χ3n) is 4.33. The molecule has 3 aliphatic rings. The van der Waals surface area contributed by atoms with Crippen LogP contribution >= 0.6 is 0 Å². The lowest BCUT2D eigenvalue weighted by Crippen LogP contribution is -2.56. The van der Waals surface area contributed by atoms with Crippen molar-refractivity contribution in [1.29, 1.82) is 0 Å². The summed E-state index contributed by atoms with van der Waals surface area (Å²) in [5.74, 6) is -0.362. The largest absolute Gasteiger partial charge is 0.467 e. The van der Waals surface area contributed by atoms with Gasteiger partial charge >= 0.3 is 5.97 Å². The number of rotatable bonds is 2. The first-order chi connectivity index (χ1) is 9.01. The number of carbonyl (C=O) groups excluding carboxylic acids is 2. The molecule has 2 bridgehead atoms. The highest BCUT2D eigenvalue weighted by molar-refractivity contribution is 5.99. The van der Waals surface area contributed by atoms with Crippen molar-refractivity contribution in [3.8, 4) is 0 Å². The first kappa shape index (κ1) is 12.2. The smallest absolute Gasteiger partial charge is 0.331 e. The van der Waals surface area contributed by atoms with Crippen LogP contribution < -0.4 is 0 Å². The van der Waals surface area contributed by atoms with E-state index in [0.29, 0.717) is 24.9 Å². The molecule has 0 radical (unpaired) electrons. The Bertz CT molecular complexity index is 532. The van der Waals surface area contributed by atoms with Gasteiger partial charge in [0.05, 0.1) is 7.11 Å². The predicted molar refractivity (Wildman–Crippen MR) is 69.6 cm³/mol. The third kappa shape index (κ3) is 1.59. The molecule has 0 spiro atoms. The highest BCUT2D eigenvalue weighted by Gasteiger charge is 2.69. The fourth-order valence-corrected chi connectivity index (χ4v) is 3.64. The van der Waals surface area contributed by atoms with Crippen LogP contribution in [-0.2, 0) is 9.53 Å². The lowest BCUT2D eigenvalue weighted by atomic mass is 9.63. The quantitative estimate of drug-likeness (QED) is 0.761. The third-order valence-corrected chi connectivity index (χ3v) is 4.33. The van der Waals surface area contributed by atoms with Crippen LogP contribution in [0.4, 0.5) is 0 Å². The predicted octanol–water partition coefficient (Wildman–Crippen LogP) is 1.85. The maximum atomic E-state index is 12.6. The van der Waals surface area contributed by atoms with E-state index >= 15 is 0 Å². The van der Waals surface area contributed by atoms with Crippen molar-refractivity contribution in [1.82, 2.24) is 4.90 Å². The molecule has 2 heterocycles. The van der Waals surface area contributed by atoms with E-state index in [2.05, 4.69) is 6.92 Å². The van der Waals surface area contributed by atoms with Gasteiger partial charge in [0.1, 0.15) is 5.54 Å². The molecular formula is C15H17NO3. The Kier molecular flexibility index (Phi) is 2.46. The summed E-state index contributed by atoms with van der Waals surface area (Å²) in [5, 5.41) is 0. The molecular weight excluding hydrogens is 242 g/mol. The molecule has 4 heteroatoms. The lowest BCUT2D eigenvalue weighted by molar-refractivity contribution is -0.156. The number of carbonyl (C=O) groups is 2. The van der Waals surface area contributed by atoms with E-state index in [1.807, 2.05) is 18.2 Å². The molecule has 0 atom stereocenters. The van der Waals surface area contributed by atoms with Crippen molar-refractivity contribution in [2.24, 2.45) is 5.41 Å². The monoisotopic (exact) mass is 259 g/mol. The number of esters is 1. The van der Waals surface area contributed by atoms with Gasteiger partial charge in [-0.2, -0.15) is 0 Å². The lowest BCUT2D eigenvalue weighted by Gasteiger charge is -2.43. The molecule has 1 aromatic carbocycles. The second kappa shape index (κ2) is 3.83. The average molecular weight is 259 g/mol. The van der Waals surface area contributed by atoms with Gasteiger partial charge in [0.2, 0.25) is 0 Å². The number of amides is 1. The van der Waals surface area contributed by atoms with Crippen LogP contribution in [0.25, 0.3) is 0 Å². The molecule has 1 amide bonds. The molecule has 4 rings (SSSR count). The van der Waals surface area contributed by atoms with Crippen molar-refractivity contribution < 1.29 is 14.3 Å². The zero-order valence-corrected chi connectivity index (χ0v) is 11.2. The summed E-state index contributed by atoms with van der Waals surface area (Å²) in [6.07, 6.45) is 1.43. The van der Waals surface area contributed by atoms with Crippen LogP contribution in [0.15, 0.2) is 30.3 Å². The zero-order valence-electron chi connectivity index (χ0n) is 11.2. The van der Waals surface area contributed by atoms with Gasteiger partial charge in [-0.1, -0.05) is 25.1 Å². The Morgan fingerprint density at radius 3 is 2.42 bits per heavy atom. The van der Waals surface area contributed by atoms with Crippen molar-refractivity contribution in [2.75, 3.05) is 13.7 Å². The standard InChI is InChI=1S/C15H17NO3/c1-14-8-15(9-14,13(18)19-2)16(10-14)12(17)11-6-4-3-5-7-11/h3-7H,8-10H2,1-2H3. The van der Waals surface area contributed by atoms with Crippen LogP contribution in [-0.4, -0.2) is 36.0 Å². The van der Waals surface area contributed by atoms with Crippen molar-refractivity contribution in [3.05, 3.63) is 35.9 Å². The van der Waals surface area contributed by atoms with E-state index in [9.17, 15) is 9.59 Å². The first-order valence-corrected chi connectivity index (χ1v) is 6.46. The van der Waals surface area contributed by atoms with E-state index in [1.165, 1.54) is 7.11 Å². The van der Waals surface area contributed by atoms with Gasteiger partial charge in [0.15, 0.2) is 0 Å². The first-order valence-electron chi connectivity index (χ1n) is 6.46. The molecule has 0 N–H and O–H groups in total. The van der Waals surface area contributed by atoms with E-state index in [4.69, 9.17) is 4.74 Å². The van der Waals surface area contributed by atoms with Crippen molar-refractivity contribution in [3.63, 3.8) is 0 Å². The number of fused-ring (bicyclic) bond motifs is 1. The van der Waals surface area contributed by atoms with Crippen LogP contribution in [0, 0.1) is 5.41 Å². The highest BCUT2D eigenvalue weighted by Crippen LogP contribution is 2.59. The Labute approximate surface area is 112 Å². The van der Waals surface area contributed by atoms with E-state index in [-0.39, 0.29) is 17.3 Å². The molecule has 19 heavy (non-hydrogen) atoms. The number of ether oxygens (including phenoxy) is 1. The molecule has 0 unspecified atom stereocenters. The van der Waals surface area contributed by atoms with Gasteiger partial charge in [0, 0.05) is 12.1 Å². The minimum Gasteiger partial charge on any atom is -0.467 e. The molecule has 0 aromatic heterocycles. The maximum absolute atomic E-state index is 12.6. The molecule has 1 saturated carbocycles. The Hall–Kier alpha value is -1.84. The summed E-state index contributed by atoms with van der Waals surface area (Å²) in [5.41, 5.74) is -0.0309. The van der Waals surface area contributed by atoms with Crippen LogP contribution in [0.2, 0.25) is 0 Å². The SMILES string of the molecule is COC(=O)C12CC(C)(CN1C(=O)c1ccccc1)C2. The van der Waals surface area contributed by atoms with Gasteiger partial charge in [-0.15, -0.1) is 0 Å². The number of hydrogen-bond donors (Lipinski definition) is 0. The van der Waals surface area contributed by atoms with Gasteiger partial charge in [-0.05, 0) is 30.4 Å². The van der Waals surface area contributed by atoms with Gasteiger partial charge < -0.3 is 9.64 Å².